The number of carbonyl (C=O) groups excluding carboxylic acids is 1. The highest BCUT2D eigenvalue weighted by Crippen LogP contribution is 2.68. The fourth-order valence-corrected chi connectivity index (χ4v) is 10.5. The summed E-state index contributed by atoms with van der Waals surface area (Å²) in [5.41, 5.74) is -1.67. The van der Waals surface area contributed by atoms with Crippen LogP contribution in [0.4, 0.5) is 0 Å². The molecule has 5 aliphatic rings. The standard InChI is InChI=1S/C29H47ClO4/c1-16-11-21(16)17(2)12-26(33)29(34,15-30)24-8-7-22-20-6-5-18-13-19(31)9-10-27(18,3)23(20)14-25(32)28(22,24)4/h16-18,20-26,32-34H,5-15H2,1-4H3/t16-,17-,18?,20?,21-,22?,23?,24+,25-,26-,27+,28+,29+/m1/s1. The summed E-state index contributed by atoms with van der Waals surface area (Å²) in [5.74, 6) is 3.71. The van der Waals surface area contributed by atoms with Crippen molar-refractivity contribution in [2.24, 2.45) is 58.2 Å². The summed E-state index contributed by atoms with van der Waals surface area (Å²) in [6.07, 6.45) is 7.55. The minimum absolute atomic E-state index is 0.0107. The van der Waals surface area contributed by atoms with Gasteiger partial charge in [0.05, 0.1) is 18.1 Å². The van der Waals surface area contributed by atoms with Gasteiger partial charge in [0, 0.05) is 18.3 Å². The van der Waals surface area contributed by atoms with E-state index in [-0.39, 0.29) is 17.2 Å². The summed E-state index contributed by atoms with van der Waals surface area (Å²) in [7, 11) is 0. The molecular weight excluding hydrogens is 448 g/mol. The van der Waals surface area contributed by atoms with Gasteiger partial charge in [-0.1, -0.05) is 27.7 Å². The summed E-state index contributed by atoms with van der Waals surface area (Å²) >= 11 is 6.47. The van der Waals surface area contributed by atoms with Crippen molar-refractivity contribution in [1.82, 2.24) is 0 Å². The van der Waals surface area contributed by atoms with Crippen molar-refractivity contribution < 1.29 is 20.1 Å². The predicted molar refractivity (Wildman–Crippen MR) is 134 cm³/mol. The van der Waals surface area contributed by atoms with Crippen LogP contribution in [0.15, 0.2) is 0 Å². The highest BCUT2D eigenvalue weighted by Gasteiger charge is 2.67. The second kappa shape index (κ2) is 8.71. The Morgan fingerprint density at radius 2 is 1.85 bits per heavy atom. The van der Waals surface area contributed by atoms with Crippen LogP contribution in [0.25, 0.3) is 0 Å². The third-order valence-electron chi connectivity index (χ3n) is 12.5. The third-order valence-corrected chi connectivity index (χ3v) is 12.9. The summed E-state index contributed by atoms with van der Waals surface area (Å²) < 4.78 is 0. The van der Waals surface area contributed by atoms with Crippen LogP contribution in [0.2, 0.25) is 0 Å². The third kappa shape index (κ3) is 3.67. The van der Waals surface area contributed by atoms with Crippen LogP contribution in [0.5, 0.6) is 0 Å². The van der Waals surface area contributed by atoms with Gasteiger partial charge in [-0.3, -0.25) is 4.79 Å². The zero-order valence-corrected chi connectivity index (χ0v) is 22.4. The van der Waals surface area contributed by atoms with Gasteiger partial charge in [0.1, 0.15) is 11.4 Å². The van der Waals surface area contributed by atoms with Crippen molar-refractivity contribution in [1.29, 1.82) is 0 Å². The van der Waals surface area contributed by atoms with Crippen molar-refractivity contribution in [2.75, 3.05) is 5.88 Å². The summed E-state index contributed by atoms with van der Waals surface area (Å²) in [6, 6.07) is 0. The molecule has 0 saturated heterocycles. The number of carbonyl (C=O) groups is 1. The molecule has 3 N–H and O–H groups in total. The van der Waals surface area contributed by atoms with Crippen molar-refractivity contribution in [2.45, 2.75) is 110 Å². The highest BCUT2D eigenvalue weighted by molar-refractivity contribution is 6.18. The largest absolute Gasteiger partial charge is 0.393 e. The molecule has 5 aliphatic carbocycles. The summed E-state index contributed by atoms with van der Waals surface area (Å²) in [5, 5.41) is 35.1. The van der Waals surface area contributed by atoms with Crippen LogP contribution in [-0.2, 0) is 4.79 Å². The van der Waals surface area contributed by atoms with E-state index in [0.29, 0.717) is 60.1 Å². The van der Waals surface area contributed by atoms with E-state index in [1.807, 2.05) is 0 Å². The average molecular weight is 495 g/mol. The number of aliphatic hydroxyl groups is 3. The van der Waals surface area contributed by atoms with Gasteiger partial charge in [-0.05, 0) is 104 Å². The Bertz CT molecular complexity index is 803. The number of hydrogen-bond donors (Lipinski definition) is 3. The van der Waals surface area contributed by atoms with E-state index in [4.69, 9.17) is 11.6 Å². The number of hydrogen-bond acceptors (Lipinski definition) is 4. The first-order chi connectivity index (χ1) is 16.0. The average Bonchev–Trinajstić information content (AvgIpc) is 3.42. The molecule has 0 aromatic carbocycles. The number of ketones is 1. The van der Waals surface area contributed by atoms with Crippen molar-refractivity contribution in [3.05, 3.63) is 0 Å². The molecule has 4 unspecified atom stereocenters. The van der Waals surface area contributed by atoms with Gasteiger partial charge in [-0.15, -0.1) is 11.6 Å². The second-order valence-electron chi connectivity index (χ2n) is 13.9. The molecule has 0 radical (unpaired) electrons. The molecule has 4 nitrogen and oxygen atoms in total. The number of alkyl halides is 1. The molecule has 0 aromatic heterocycles. The molecule has 5 fully saturated rings. The van der Waals surface area contributed by atoms with Gasteiger partial charge in [0.2, 0.25) is 0 Å². The van der Waals surface area contributed by atoms with Gasteiger partial charge >= 0.3 is 0 Å². The fraction of sp³-hybridized carbons (Fsp3) is 0.966. The van der Waals surface area contributed by atoms with E-state index < -0.39 is 23.2 Å². The van der Waals surface area contributed by atoms with Crippen LogP contribution in [0.3, 0.4) is 0 Å². The molecule has 0 amide bonds. The molecule has 13 atom stereocenters. The molecule has 5 rings (SSSR count). The lowest BCUT2D eigenvalue weighted by Crippen LogP contribution is -2.63. The first kappa shape index (κ1) is 25.5. The smallest absolute Gasteiger partial charge is 0.133 e. The number of Topliss-reactive ketones (excluding diaryl/α,β-unsaturated/α-hetero) is 1. The van der Waals surface area contributed by atoms with Gasteiger partial charge in [0.15, 0.2) is 0 Å². The SMILES string of the molecule is C[C@@H]1C[C@H]1[C@H](C)C[C@@H](O)[C@](O)(CCl)[C@H]1CCC2C3CCC4CC(=O)CC[C@]4(C)C3C[C@@H](O)[C@@]21C. The molecule has 0 aliphatic heterocycles. The molecule has 0 bridgehead atoms. The second-order valence-corrected chi connectivity index (χ2v) is 14.1. The Hall–Kier alpha value is -0.160. The maximum Gasteiger partial charge on any atom is 0.133 e. The van der Waals surface area contributed by atoms with E-state index >= 15 is 0 Å². The molecule has 5 heteroatoms. The Labute approximate surface area is 211 Å². The number of aliphatic hydroxyl groups excluding tert-OH is 2. The molecule has 34 heavy (non-hydrogen) atoms. The van der Waals surface area contributed by atoms with Gasteiger partial charge in [0.25, 0.3) is 0 Å². The minimum atomic E-state index is -1.37. The Morgan fingerprint density at radius 3 is 2.50 bits per heavy atom. The number of halogens is 1. The normalized spacial score (nSPS) is 51.6. The molecule has 5 saturated carbocycles. The molecule has 194 valence electrons. The molecule has 0 aromatic rings. The number of fused-ring (bicyclic) bond motifs is 5. The van der Waals surface area contributed by atoms with E-state index in [1.165, 1.54) is 6.42 Å². The maximum atomic E-state index is 12.2. The fourth-order valence-electron chi connectivity index (χ4n) is 10.1. The molecule has 0 heterocycles. The van der Waals surface area contributed by atoms with Crippen molar-refractivity contribution in [3.63, 3.8) is 0 Å². The lowest BCUT2D eigenvalue weighted by atomic mass is 9.43. The Kier molecular flexibility index (Phi) is 6.53. The van der Waals surface area contributed by atoms with Gasteiger partial charge in [-0.25, -0.2) is 0 Å². The Balaban J connectivity index is 1.39. The van der Waals surface area contributed by atoms with E-state index in [2.05, 4.69) is 27.7 Å². The van der Waals surface area contributed by atoms with Gasteiger partial charge < -0.3 is 15.3 Å². The van der Waals surface area contributed by atoms with Gasteiger partial charge in [-0.2, -0.15) is 0 Å². The van der Waals surface area contributed by atoms with Crippen molar-refractivity contribution in [3.8, 4) is 0 Å². The quantitative estimate of drug-likeness (QED) is 0.443. The Morgan fingerprint density at radius 1 is 1.15 bits per heavy atom. The first-order valence-electron chi connectivity index (χ1n) is 14.1. The molecular formula is C29H47ClO4. The van der Waals surface area contributed by atoms with Crippen molar-refractivity contribution >= 4 is 17.4 Å². The predicted octanol–water partition coefficient (Wildman–Crippen LogP) is 5.20. The van der Waals surface area contributed by atoms with Crippen LogP contribution in [0.1, 0.15) is 91.9 Å². The van der Waals surface area contributed by atoms with Crippen LogP contribution >= 0.6 is 11.6 Å². The summed E-state index contributed by atoms with van der Waals surface area (Å²) in [4.78, 5) is 12.2. The summed E-state index contributed by atoms with van der Waals surface area (Å²) in [6.45, 7) is 9.03. The topological polar surface area (TPSA) is 77.8 Å². The van der Waals surface area contributed by atoms with E-state index in [1.54, 1.807) is 0 Å². The molecule has 0 spiro atoms. The lowest BCUT2D eigenvalue weighted by molar-refractivity contribution is -0.201. The zero-order valence-electron chi connectivity index (χ0n) is 21.7. The van der Waals surface area contributed by atoms with E-state index in [0.717, 1.165) is 44.9 Å². The minimum Gasteiger partial charge on any atom is -0.393 e. The number of rotatable bonds is 6. The van der Waals surface area contributed by atoms with E-state index in [9.17, 15) is 20.1 Å². The van der Waals surface area contributed by atoms with Crippen LogP contribution in [0, 0.1) is 58.2 Å². The van der Waals surface area contributed by atoms with Crippen LogP contribution in [-0.4, -0.2) is 44.8 Å². The highest BCUT2D eigenvalue weighted by atomic mass is 35.5. The first-order valence-corrected chi connectivity index (χ1v) is 14.7. The monoisotopic (exact) mass is 494 g/mol. The lowest BCUT2D eigenvalue weighted by Gasteiger charge is -2.62. The maximum absolute atomic E-state index is 12.2. The van der Waals surface area contributed by atoms with Crippen LogP contribution < -0.4 is 0 Å². The zero-order chi connectivity index (χ0) is 24.6.